The summed E-state index contributed by atoms with van der Waals surface area (Å²) in [6, 6.07) is 5.87. The molecule has 0 aliphatic carbocycles. The average molecular weight is 472 g/mol. The zero-order valence-corrected chi connectivity index (χ0v) is 19.0. The zero-order valence-electron chi connectivity index (χ0n) is 17.4. The van der Waals surface area contributed by atoms with Crippen molar-refractivity contribution in [3.8, 4) is 0 Å². The number of nitrogens with zero attached hydrogens (tertiary/aromatic N) is 3. The number of esters is 1. The van der Waals surface area contributed by atoms with Crippen molar-refractivity contribution in [2.75, 3.05) is 18.4 Å². The van der Waals surface area contributed by atoms with Gasteiger partial charge < -0.3 is 19.8 Å². The molecule has 0 amide bonds. The van der Waals surface area contributed by atoms with Crippen LogP contribution in [0, 0.1) is 0 Å². The van der Waals surface area contributed by atoms with Gasteiger partial charge in [0, 0.05) is 23.1 Å². The summed E-state index contributed by atoms with van der Waals surface area (Å²) in [5.74, 6) is 0.483. The molecule has 1 fully saturated rings. The molecule has 4 heterocycles. The molecule has 4 rings (SSSR count). The predicted molar refractivity (Wildman–Crippen MR) is 120 cm³/mol. The number of anilines is 2. The van der Waals surface area contributed by atoms with E-state index in [0.717, 1.165) is 47.3 Å². The van der Waals surface area contributed by atoms with Gasteiger partial charge >= 0.3 is 5.97 Å². The Bertz CT molecular complexity index is 1070. The van der Waals surface area contributed by atoms with Crippen molar-refractivity contribution in [3.05, 3.63) is 52.5 Å². The first kappa shape index (κ1) is 20.8. The normalized spacial score (nSPS) is 15.3. The Labute approximate surface area is 184 Å². The Hall–Kier alpha value is -2.45. The van der Waals surface area contributed by atoms with E-state index in [4.69, 9.17) is 4.74 Å². The third-order valence-corrected chi connectivity index (χ3v) is 5.45. The highest BCUT2D eigenvalue weighted by Gasteiger charge is 2.27. The molecule has 1 aliphatic rings. The quantitative estimate of drug-likeness (QED) is 0.538. The SMILES string of the molecule is CC(C)(C)OC(=O)c1nc(Nc2cc(Br)cn3ccnc23)ccc1C1CCNCC1. The molecule has 0 atom stereocenters. The van der Waals surface area contributed by atoms with Gasteiger partial charge in [-0.05, 0) is 86.2 Å². The van der Waals surface area contributed by atoms with Gasteiger partial charge in [0.2, 0.25) is 0 Å². The minimum atomic E-state index is -0.583. The van der Waals surface area contributed by atoms with Gasteiger partial charge in [0.15, 0.2) is 11.3 Å². The van der Waals surface area contributed by atoms with E-state index >= 15 is 0 Å². The first-order valence-corrected chi connectivity index (χ1v) is 10.9. The summed E-state index contributed by atoms with van der Waals surface area (Å²) in [5.41, 5.74) is 2.33. The van der Waals surface area contributed by atoms with Crippen molar-refractivity contribution < 1.29 is 9.53 Å². The molecule has 158 valence electrons. The van der Waals surface area contributed by atoms with Crippen molar-refractivity contribution in [2.24, 2.45) is 0 Å². The maximum atomic E-state index is 13.0. The minimum absolute atomic E-state index is 0.292. The fraction of sp³-hybridized carbons (Fsp3) is 0.409. The van der Waals surface area contributed by atoms with Crippen LogP contribution in [-0.2, 0) is 4.74 Å². The highest BCUT2D eigenvalue weighted by molar-refractivity contribution is 9.10. The zero-order chi connectivity index (χ0) is 21.3. The third kappa shape index (κ3) is 4.65. The molecule has 3 aromatic heterocycles. The topological polar surface area (TPSA) is 80.5 Å². The van der Waals surface area contributed by atoms with Crippen LogP contribution in [0.15, 0.2) is 41.3 Å². The van der Waals surface area contributed by atoms with E-state index in [1.807, 2.05) is 55.8 Å². The van der Waals surface area contributed by atoms with E-state index in [-0.39, 0.29) is 5.97 Å². The molecule has 0 bridgehead atoms. The third-order valence-electron chi connectivity index (χ3n) is 5.01. The Morgan fingerprint density at radius 1 is 1.30 bits per heavy atom. The highest BCUT2D eigenvalue weighted by atomic mass is 79.9. The lowest BCUT2D eigenvalue weighted by Crippen LogP contribution is -2.29. The van der Waals surface area contributed by atoms with E-state index in [1.54, 1.807) is 6.20 Å². The first-order valence-electron chi connectivity index (χ1n) is 10.1. The molecule has 1 saturated heterocycles. The highest BCUT2D eigenvalue weighted by Crippen LogP contribution is 2.31. The van der Waals surface area contributed by atoms with E-state index in [2.05, 4.69) is 36.5 Å². The van der Waals surface area contributed by atoms with Gasteiger partial charge in [-0.2, -0.15) is 0 Å². The Balaban J connectivity index is 1.71. The lowest BCUT2D eigenvalue weighted by Gasteiger charge is -2.26. The Kier molecular flexibility index (Phi) is 5.79. The second-order valence-corrected chi connectivity index (χ2v) is 9.43. The molecular formula is C22H26BrN5O2. The van der Waals surface area contributed by atoms with Crippen LogP contribution in [0.1, 0.15) is 55.6 Å². The number of rotatable bonds is 4. The molecule has 30 heavy (non-hydrogen) atoms. The average Bonchev–Trinajstić information content (AvgIpc) is 3.16. The summed E-state index contributed by atoms with van der Waals surface area (Å²) in [7, 11) is 0. The number of carbonyl (C=O) groups is 1. The number of carbonyl (C=O) groups excluding carboxylic acids is 1. The van der Waals surface area contributed by atoms with Crippen LogP contribution in [0.2, 0.25) is 0 Å². The van der Waals surface area contributed by atoms with E-state index in [0.29, 0.717) is 17.4 Å². The number of nitrogens with one attached hydrogen (secondary N) is 2. The molecule has 1 aliphatic heterocycles. The van der Waals surface area contributed by atoms with Crippen molar-refractivity contribution in [1.82, 2.24) is 19.7 Å². The van der Waals surface area contributed by atoms with Gasteiger partial charge in [0.05, 0.1) is 5.69 Å². The van der Waals surface area contributed by atoms with Crippen molar-refractivity contribution in [2.45, 2.75) is 45.1 Å². The van der Waals surface area contributed by atoms with E-state index in [9.17, 15) is 4.79 Å². The van der Waals surface area contributed by atoms with Gasteiger partial charge in [0.1, 0.15) is 11.4 Å². The number of imidazole rings is 1. The molecule has 7 nitrogen and oxygen atoms in total. The van der Waals surface area contributed by atoms with Crippen LogP contribution in [-0.4, -0.2) is 39.0 Å². The van der Waals surface area contributed by atoms with Crippen molar-refractivity contribution in [1.29, 1.82) is 0 Å². The lowest BCUT2D eigenvalue weighted by molar-refractivity contribution is 0.00608. The molecule has 2 N–H and O–H groups in total. The van der Waals surface area contributed by atoms with Crippen molar-refractivity contribution >= 4 is 39.1 Å². The summed E-state index contributed by atoms with van der Waals surface area (Å²) in [6.45, 7) is 7.48. The summed E-state index contributed by atoms with van der Waals surface area (Å²) >= 11 is 3.53. The molecule has 0 aromatic carbocycles. The second kappa shape index (κ2) is 8.35. The summed E-state index contributed by atoms with van der Waals surface area (Å²) in [6.07, 6.45) is 7.51. The van der Waals surface area contributed by atoms with Gasteiger partial charge in [-0.1, -0.05) is 6.07 Å². The monoisotopic (exact) mass is 471 g/mol. The summed E-state index contributed by atoms with van der Waals surface area (Å²) in [4.78, 5) is 22.1. The van der Waals surface area contributed by atoms with Crippen LogP contribution >= 0.6 is 15.9 Å². The van der Waals surface area contributed by atoms with Crippen LogP contribution in [0.25, 0.3) is 5.65 Å². The molecule has 8 heteroatoms. The molecule has 0 radical (unpaired) electrons. The largest absolute Gasteiger partial charge is 0.455 e. The van der Waals surface area contributed by atoms with Crippen LogP contribution in [0.5, 0.6) is 0 Å². The molecule has 0 spiro atoms. The van der Waals surface area contributed by atoms with E-state index < -0.39 is 5.60 Å². The molecule has 3 aromatic rings. The van der Waals surface area contributed by atoms with Crippen LogP contribution in [0.3, 0.4) is 0 Å². The molecule has 0 unspecified atom stereocenters. The smallest absolute Gasteiger partial charge is 0.357 e. The fourth-order valence-corrected chi connectivity index (χ4v) is 4.17. The van der Waals surface area contributed by atoms with Crippen molar-refractivity contribution in [3.63, 3.8) is 0 Å². The number of pyridine rings is 2. The lowest BCUT2D eigenvalue weighted by atomic mass is 9.89. The number of fused-ring (bicyclic) bond motifs is 1. The van der Waals surface area contributed by atoms with Crippen LogP contribution in [0.4, 0.5) is 11.5 Å². The van der Waals surface area contributed by atoms with Gasteiger partial charge in [-0.25, -0.2) is 14.8 Å². The number of ether oxygens (including phenoxy) is 1. The van der Waals surface area contributed by atoms with Crippen LogP contribution < -0.4 is 10.6 Å². The first-order chi connectivity index (χ1) is 14.3. The number of aromatic nitrogens is 3. The fourth-order valence-electron chi connectivity index (χ4n) is 3.72. The minimum Gasteiger partial charge on any atom is -0.455 e. The maximum Gasteiger partial charge on any atom is 0.357 e. The number of hydrogen-bond acceptors (Lipinski definition) is 6. The summed E-state index contributed by atoms with van der Waals surface area (Å²) < 4.78 is 8.50. The summed E-state index contributed by atoms with van der Waals surface area (Å²) in [5, 5.41) is 6.69. The second-order valence-electron chi connectivity index (χ2n) is 8.52. The standard InChI is InChI=1S/C22H26BrN5O2/c1-22(2,3)30-21(29)19-16(14-6-8-24-9-7-14)4-5-18(27-19)26-17-12-15(23)13-28-11-10-25-20(17)28/h4-5,10-14,24H,6-9H2,1-3H3,(H,26,27). The van der Waals surface area contributed by atoms with Gasteiger partial charge in [-0.15, -0.1) is 0 Å². The molecular weight excluding hydrogens is 446 g/mol. The Morgan fingerprint density at radius 3 is 2.80 bits per heavy atom. The number of piperidine rings is 1. The van der Waals surface area contributed by atoms with Gasteiger partial charge in [0.25, 0.3) is 0 Å². The maximum absolute atomic E-state index is 13.0. The Morgan fingerprint density at radius 2 is 2.07 bits per heavy atom. The molecule has 0 saturated carbocycles. The predicted octanol–water partition coefficient (Wildman–Crippen LogP) is 4.66. The van der Waals surface area contributed by atoms with Gasteiger partial charge in [-0.3, -0.25) is 0 Å². The van der Waals surface area contributed by atoms with E-state index in [1.165, 1.54) is 0 Å². The number of hydrogen-bond donors (Lipinski definition) is 2. The number of halogens is 1.